The first kappa shape index (κ1) is 11.5. The summed E-state index contributed by atoms with van der Waals surface area (Å²) in [5, 5.41) is 2.27. The Hall–Kier alpha value is 0.01000. The molecular formula is C12H14S3. The normalized spacial score (nSPS) is 15.5. The molecule has 0 unspecified atom stereocenters. The van der Waals surface area contributed by atoms with Crippen molar-refractivity contribution in [2.45, 2.75) is 27.2 Å². The van der Waals surface area contributed by atoms with Gasteiger partial charge in [0.2, 0.25) is 0 Å². The minimum atomic E-state index is 1.10. The van der Waals surface area contributed by atoms with Crippen molar-refractivity contribution in [1.82, 2.24) is 0 Å². The lowest BCUT2D eigenvalue weighted by Crippen LogP contribution is -1.95. The summed E-state index contributed by atoms with van der Waals surface area (Å²) < 4.78 is 0. The van der Waals surface area contributed by atoms with E-state index < -0.39 is 0 Å². The second-order valence-electron chi connectivity index (χ2n) is 3.89. The van der Waals surface area contributed by atoms with Crippen molar-refractivity contribution in [1.29, 1.82) is 0 Å². The number of aryl methyl sites for hydroxylation is 3. The molecule has 1 aliphatic rings. The standard InChI is InChI=1S/C12H14S3/c1-8-4-9(2)12(10(3)5-8)6-11-7-13-15-14-11/h4-5,7H,6H2,1-3H3. The van der Waals surface area contributed by atoms with Gasteiger partial charge in [-0.25, -0.2) is 0 Å². The van der Waals surface area contributed by atoms with Crippen LogP contribution >= 0.6 is 31.4 Å². The molecule has 1 aliphatic heterocycles. The number of hydrogen-bond acceptors (Lipinski definition) is 3. The van der Waals surface area contributed by atoms with Gasteiger partial charge < -0.3 is 0 Å². The van der Waals surface area contributed by atoms with Crippen LogP contribution in [-0.2, 0) is 6.42 Å². The zero-order valence-corrected chi connectivity index (χ0v) is 11.6. The summed E-state index contributed by atoms with van der Waals surface area (Å²) in [4.78, 5) is 1.49. The van der Waals surface area contributed by atoms with Crippen molar-refractivity contribution in [2.24, 2.45) is 0 Å². The molecule has 2 rings (SSSR count). The number of rotatable bonds is 2. The van der Waals surface area contributed by atoms with Gasteiger partial charge in [0.15, 0.2) is 0 Å². The van der Waals surface area contributed by atoms with Gasteiger partial charge in [-0.05, 0) is 63.5 Å². The van der Waals surface area contributed by atoms with Crippen LogP contribution in [-0.4, -0.2) is 0 Å². The van der Waals surface area contributed by atoms with E-state index in [-0.39, 0.29) is 0 Å². The summed E-state index contributed by atoms with van der Waals surface area (Å²) >= 11 is 0. The third-order valence-electron chi connectivity index (χ3n) is 2.55. The van der Waals surface area contributed by atoms with Crippen LogP contribution in [0.4, 0.5) is 0 Å². The molecule has 1 aromatic rings. The molecule has 0 aliphatic carbocycles. The lowest BCUT2D eigenvalue weighted by molar-refractivity contribution is 1.14. The van der Waals surface area contributed by atoms with E-state index in [0.29, 0.717) is 0 Å². The molecule has 0 amide bonds. The van der Waals surface area contributed by atoms with Crippen LogP contribution in [0.5, 0.6) is 0 Å². The fourth-order valence-corrected chi connectivity index (χ4v) is 5.80. The van der Waals surface area contributed by atoms with E-state index in [1.165, 1.54) is 27.2 Å². The summed E-state index contributed by atoms with van der Waals surface area (Å²) in [6.45, 7) is 6.60. The first-order chi connectivity index (χ1) is 7.16. The molecule has 0 bridgehead atoms. The molecule has 0 saturated heterocycles. The van der Waals surface area contributed by atoms with Crippen LogP contribution in [0.3, 0.4) is 0 Å². The highest BCUT2D eigenvalue weighted by Crippen LogP contribution is 2.49. The van der Waals surface area contributed by atoms with E-state index >= 15 is 0 Å². The fourth-order valence-electron chi connectivity index (χ4n) is 1.89. The molecule has 15 heavy (non-hydrogen) atoms. The van der Waals surface area contributed by atoms with E-state index in [0.717, 1.165) is 6.42 Å². The molecule has 0 fully saturated rings. The number of allylic oxidation sites excluding steroid dienone is 1. The van der Waals surface area contributed by atoms with Crippen molar-refractivity contribution in [3.8, 4) is 0 Å². The summed E-state index contributed by atoms with van der Waals surface area (Å²) in [6, 6.07) is 4.56. The van der Waals surface area contributed by atoms with Crippen molar-refractivity contribution in [2.75, 3.05) is 0 Å². The smallest absolute Gasteiger partial charge is 0.00823 e. The summed E-state index contributed by atoms with van der Waals surface area (Å²) in [6.07, 6.45) is 1.10. The average Bonchev–Trinajstić information content (AvgIpc) is 2.63. The highest BCUT2D eigenvalue weighted by Gasteiger charge is 2.11. The van der Waals surface area contributed by atoms with E-state index in [9.17, 15) is 0 Å². The van der Waals surface area contributed by atoms with E-state index in [1.807, 2.05) is 31.4 Å². The van der Waals surface area contributed by atoms with Crippen molar-refractivity contribution < 1.29 is 0 Å². The quantitative estimate of drug-likeness (QED) is 0.679. The van der Waals surface area contributed by atoms with Crippen molar-refractivity contribution in [3.05, 3.63) is 44.7 Å². The second-order valence-corrected chi connectivity index (χ2v) is 7.85. The Kier molecular flexibility index (Phi) is 3.75. The maximum absolute atomic E-state index is 2.28. The maximum atomic E-state index is 2.28. The first-order valence-electron chi connectivity index (χ1n) is 4.92. The van der Waals surface area contributed by atoms with E-state index in [2.05, 4.69) is 38.3 Å². The maximum Gasteiger partial charge on any atom is 0.00823 e. The Morgan fingerprint density at radius 1 is 1.07 bits per heavy atom. The summed E-state index contributed by atoms with van der Waals surface area (Å²) in [7, 11) is 5.59. The molecule has 0 saturated carbocycles. The first-order valence-corrected chi connectivity index (χ1v) is 8.47. The molecule has 0 aromatic heterocycles. The summed E-state index contributed by atoms with van der Waals surface area (Å²) in [5.41, 5.74) is 5.72. The third-order valence-corrected chi connectivity index (χ3v) is 6.39. The topological polar surface area (TPSA) is 0 Å². The van der Waals surface area contributed by atoms with Gasteiger partial charge in [0.1, 0.15) is 0 Å². The molecule has 3 heteroatoms. The molecule has 0 radical (unpaired) electrons. The van der Waals surface area contributed by atoms with E-state index in [4.69, 9.17) is 0 Å². The van der Waals surface area contributed by atoms with Crippen LogP contribution in [0.2, 0.25) is 0 Å². The minimum Gasteiger partial charge on any atom is -0.0561 e. The molecule has 0 N–H and O–H groups in total. The molecule has 1 heterocycles. The summed E-state index contributed by atoms with van der Waals surface area (Å²) in [5.74, 6) is 0. The second kappa shape index (κ2) is 4.89. The van der Waals surface area contributed by atoms with Crippen LogP contribution in [0.25, 0.3) is 0 Å². The monoisotopic (exact) mass is 254 g/mol. The van der Waals surface area contributed by atoms with Gasteiger partial charge in [0.05, 0.1) is 0 Å². The highest BCUT2D eigenvalue weighted by molar-refractivity contribution is 9.11. The van der Waals surface area contributed by atoms with Gasteiger partial charge in [-0.2, -0.15) is 0 Å². The zero-order valence-electron chi connectivity index (χ0n) is 9.16. The Labute approximate surface area is 103 Å². The van der Waals surface area contributed by atoms with Gasteiger partial charge in [0, 0.05) is 11.3 Å². The predicted octanol–water partition coefficient (Wildman–Crippen LogP) is 5.04. The molecule has 80 valence electrons. The molecule has 0 spiro atoms. The van der Waals surface area contributed by atoms with Crippen LogP contribution in [0.15, 0.2) is 22.4 Å². The van der Waals surface area contributed by atoms with Gasteiger partial charge >= 0.3 is 0 Å². The lowest BCUT2D eigenvalue weighted by atomic mass is 9.97. The molecular weight excluding hydrogens is 240 g/mol. The van der Waals surface area contributed by atoms with Crippen LogP contribution in [0, 0.1) is 20.8 Å². The van der Waals surface area contributed by atoms with Crippen LogP contribution in [0.1, 0.15) is 22.3 Å². The van der Waals surface area contributed by atoms with Gasteiger partial charge in [0.25, 0.3) is 0 Å². The molecule has 0 nitrogen and oxygen atoms in total. The van der Waals surface area contributed by atoms with E-state index in [1.54, 1.807) is 0 Å². The fraction of sp³-hybridized carbons (Fsp3) is 0.333. The van der Waals surface area contributed by atoms with Crippen LogP contribution < -0.4 is 0 Å². The minimum absolute atomic E-state index is 1.10. The SMILES string of the molecule is Cc1cc(C)c(CC2=CSSS2)c(C)c1. The van der Waals surface area contributed by atoms with Gasteiger partial charge in [-0.3, -0.25) is 0 Å². The van der Waals surface area contributed by atoms with Crippen molar-refractivity contribution in [3.63, 3.8) is 0 Å². The highest BCUT2D eigenvalue weighted by atomic mass is 33.5. The van der Waals surface area contributed by atoms with Gasteiger partial charge in [-0.1, -0.05) is 28.5 Å². The van der Waals surface area contributed by atoms with Gasteiger partial charge in [-0.15, -0.1) is 0 Å². The average molecular weight is 254 g/mol. The number of hydrogen-bond donors (Lipinski definition) is 0. The Morgan fingerprint density at radius 3 is 2.27 bits per heavy atom. The Bertz CT molecular complexity index is 384. The molecule has 0 atom stereocenters. The third kappa shape index (κ3) is 2.77. The predicted molar refractivity (Wildman–Crippen MR) is 75.2 cm³/mol. The zero-order chi connectivity index (χ0) is 10.8. The molecule has 1 aromatic carbocycles. The number of benzene rings is 1. The largest absolute Gasteiger partial charge is 0.0561 e. The Morgan fingerprint density at radius 2 is 1.73 bits per heavy atom. The lowest BCUT2D eigenvalue weighted by Gasteiger charge is -2.11. The Balaban J connectivity index is 2.27. The van der Waals surface area contributed by atoms with Crippen molar-refractivity contribution >= 4 is 31.4 Å².